The number of hydrogen-bond donors (Lipinski definition) is 2. The van der Waals surface area contributed by atoms with Crippen LogP contribution in [0, 0.1) is 11.6 Å². The van der Waals surface area contributed by atoms with E-state index in [1.807, 2.05) is 6.92 Å². The summed E-state index contributed by atoms with van der Waals surface area (Å²) in [6.45, 7) is 2.62. The molecule has 3 N–H and O–H groups in total. The van der Waals surface area contributed by atoms with Crippen LogP contribution >= 0.6 is 11.8 Å². The Bertz CT molecular complexity index is 415. The van der Waals surface area contributed by atoms with E-state index in [1.165, 1.54) is 0 Å². The van der Waals surface area contributed by atoms with Crippen LogP contribution in [0.4, 0.5) is 8.78 Å². The number of thioether (sulfide) groups is 1. The molecule has 18 heavy (non-hydrogen) atoms. The van der Waals surface area contributed by atoms with Crippen molar-refractivity contribution in [3.05, 3.63) is 29.8 Å². The maximum absolute atomic E-state index is 13.3. The number of amides is 1. The third kappa shape index (κ3) is 4.62. The lowest BCUT2D eigenvalue weighted by atomic mass is 10.3. The van der Waals surface area contributed by atoms with Crippen molar-refractivity contribution in [3.8, 4) is 0 Å². The highest BCUT2D eigenvalue weighted by molar-refractivity contribution is 7.99. The summed E-state index contributed by atoms with van der Waals surface area (Å²) >= 11 is 1.07. The highest BCUT2D eigenvalue weighted by atomic mass is 32.2. The van der Waals surface area contributed by atoms with Gasteiger partial charge in [0.25, 0.3) is 0 Å². The Morgan fingerprint density at radius 3 is 2.83 bits per heavy atom. The van der Waals surface area contributed by atoms with E-state index in [0.29, 0.717) is 6.54 Å². The number of benzene rings is 1. The fraction of sp³-hybridized carbons (Fsp3) is 0.417. The van der Waals surface area contributed by atoms with Crippen molar-refractivity contribution < 1.29 is 13.6 Å². The van der Waals surface area contributed by atoms with Gasteiger partial charge < -0.3 is 11.1 Å². The molecule has 1 rings (SSSR count). The van der Waals surface area contributed by atoms with E-state index in [9.17, 15) is 13.6 Å². The molecule has 0 aromatic heterocycles. The van der Waals surface area contributed by atoms with Gasteiger partial charge in [-0.1, -0.05) is 6.92 Å². The molecule has 1 atom stereocenters. The molecule has 0 aliphatic heterocycles. The largest absolute Gasteiger partial charge is 0.368 e. The lowest BCUT2D eigenvalue weighted by Gasteiger charge is -2.14. The molecule has 100 valence electrons. The molecule has 0 fully saturated rings. The zero-order valence-electron chi connectivity index (χ0n) is 10.1. The number of nitrogens with one attached hydrogen (secondary N) is 1. The van der Waals surface area contributed by atoms with Crippen molar-refractivity contribution in [2.45, 2.75) is 24.3 Å². The lowest BCUT2D eigenvalue weighted by Crippen LogP contribution is -2.43. The Morgan fingerprint density at radius 2 is 2.22 bits per heavy atom. The quantitative estimate of drug-likeness (QED) is 0.747. The van der Waals surface area contributed by atoms with Gasteiger partial charge in [-0.15, -0.1) is 11.8 Å². The highest BCUT2D eigenvalue weighted by Crippen LogP contribution is 2.23. The Labute approximate surface area is 109 Å². The van der Waals surface area contributed by atoms with Gasteiger partial charge in [0.2, 0.25) is 5.91 Å². The van der Waals surface area contributed by atoms with E-state index in [4.69, 9.17) is 5.73 Å². The first-order valence-electron chi connectivity index (χ1n) is 5.65. The van der Waals surface area contributed by atoms with Gasteiger partial charge >= 0.3 is 0 Å². The molecule has 0 saturated carbocycles. The van der Waals surface area contributed by atoms with E-state index in [1.54, 1.807) is 0 Å². The van der Waals surface area contributed by atoms with Gasteiger partial charge in [-0.25, -0.2) is 8.78 Å². The fourth-order valence-corrected chi connectivity index (χ4v) is 2.35. The van der Waals surface area contributed by atoms with Gasteiger partial charge in [-0.05, 0) is 31.2 Å². The van der Waals surface area contributed by atoms with Crippen molar-refractivity contribution >= 4 is 17.7 Å². The van der Waals surface area contributed by atoms with E-state index in [-0.39, 0.29) is 10.6 Å². The maximum atomic E-state index is 13.3. The zero-order valence-corrected chi connectivity index (χ0v) is 10.9. The normalized spacial score (nSPS) is 12.4. The molecule has 1 aromatic rings. The second-order valence-corrected chi connectivity index (χ2v) is 4.86. The summed E-state index contributed by atoms with van der Waals surface area (Å²) < 4.78 is 26.3. The average Bonchev–Trinajstić information content (AvgIpc) is 2.33. The van der Waals surface area contributed by atoms with Crippen LogP contribution in [0.3, 0.4) is 0 Å². The summed E-state index contributed by atoms with van der Waals surface area (Å²) in [4.78, 5) is 11.3. The Morgan fingerprint density at radius 1 is 1.50 bits per heavy atom. The van der Waals surface area contributed by atoms with Crippen LogP contribution in [0.15, 0.2) is 23.1 Å². The van der Waals surface area contributed by atoms with Crippen LogP contribution in [0.5, 0.6) is 0 Å². The van der Waals surface area contributed by atoms with Gasteiger partial charge in [0.05, 0.1) is 6.04 Å². The monoisotopic (exact) mass is 274 g/mol. The summed E-state index contributed by atoms with van der Waals surface area (Å²) in [5.41, 5.74) is 5.23. The van der Waals surface area contributed by atoms with Crippen LogP contribution in [0.25, 0.3) is 0 Å². The standard InChI is InChI=1S/C12H16F2N2OS/c1-2-5-16-10(12(15)17)7-18-11-6-8(13)3-4-9(11)14/h3-4,6,10,16H,2,5,7H2,1H3,(H2,15,17). The maximum Gasteiger partial charge on any atom is 0.235 e. The minimum absolute atomic E-state index is 0.180. The van der Waals surface area contributed by atoms with Gasteiger partial charge in [0, 0.05) is 10.6 Å². The first kappa shape index (κ1) is 14.9. The minimum Gasteiger partial charge on any atom is -0.368 e. The van der Waals surface area contributed by atoms with Gasteiger partial charge in [0.1, 0.15) is 11.6 Å². The summed E-state index contributed by atoms with van der Waals surface area (Å²) in [6, 6.07) is 2.69. The predicted molar refractivity (Wildman–Crippen MR) is 68.4 cm³/mol. The smallest absolute Gasteiger partial charge is 0.235 e. The van der Waals surface area contributed by atoms with Gasteiger partial charge in [0.15, 0.2) is 0 Å². The Hall–Kier alpha value is -1.14. The van der Waals surface area contributed by atoms with Crippen LogP contribution in [-0.4, -0.2) is 24.2 Å². The topological polar surface area (TPSA) is 55.1 Å². The zero-order chi connectivity index (χ0) is 13.5. The molecular formula is C12H16F2N2OS. The molecule has 1 amide bonds. The molecule has 1 aromatic carbocycles. The van der Waals surface area contributed by atoms with Crippen LogP contribution in [0.2, 0.25) is 0 Å². The van der Waals surface area contributed by atoms with Crippen molar-refractivity contribution in [1.82, 2.24) is 5.32 Å². The molecule has 0 saturated heterocycles. The molecule has 0 spiro atoms. The minimum atomic E-state index is -0.544. The summed E-state index contributed by atoms with van der Waals surface area (Å²) in [7, 11) is 0. The highest BCUT2D eigenvalue weighted by Gasteiger charge is 2.15. The first-order valence-corrected chi connectivity index (χ1v) is 6.63. The number of nitrogens with two attached hydrogens (primary N) is 1. The Balaban J connectivity index is 2.60. The molecule has 6 heteroatoms. The second kappa shape index (κ2) is 7.33. The second-order valence-electron chi connectivity index (χ2n) is 3.79. The number of carbonyl (C=O) groups excluding carboxylic acids is 1. The molecule has 0 aliphatic rings. The van der Waals surface area contributed by atoms with E-state index < -0.39 is 23.6 Å². The summed E-state index contributed by atoms with van der Waals surface area (Å²) in [5, 5.41) is 2.96. The van der Waals surface area contributed by atoms with Crippen molar-refractivity contribution in [3.63, 3.8) is 0 Å². The summed E-state index contributed by atoms with van der Waals surface area (Å²) in [5.74, 6) is -1.22. The van der Waals surface area contributed by atoms with Crippen LogP contribution in [0.1, 0.15) is 13.3 Å². The molecule has 1 unspecified atom stereocenters. The third-order valence-electron chi connectivity index (χ3n) is 2.28. The van der Waals surface area contributed by atoms with Crippen LogP contribution in [-0.2, 0) is 4.79 Å². The number of halogens is 2. The van der Waals surface area contributed by atoms with Crippen LogP contribution < -0.4 is 11.1 Å². The van der Waals surface area contributed by atoms with Crippen molar-refractivity contribution in [1.29, 1.82) is 0 Å². The fourth-order valence-electron chi connectivity index (χ4n) is 1.32. The molecule has 0 bridgehead atoms. The third-order valence-corrected chi connectivity index (χ3v) is 3.41. The molecule has 0 heterocycles. The number of rotatable bonds is 7. The van der Waals surface area contributed by atoms with Crippen molar-refractivity contribution in [2.75, 3.05) is 12.3 Å². The van der Waals surface area contributed by atoms with Gasteiger partial charge in [-0.3, -0.25) is 4.79 Å². The van der Waals surface area contributed by atoms with E-state index in [2.05, 4.69) is 5.32 Å². The molecule has 3 nitrogen and oxygen atoms in total. The predicted octanol–water partition coefficient (Wildman–Crippen LogP) is 1.91. The number of carbonyl (C=O) groups is 1. The summed E-state index contributed by atoms with van der Waals surface area (Å²) in [6.07, 6.45) is 0.864. The lowest BCUT2D eigenvalue weighted by molar-refractivity contribution is -0.119. The average molecular weight is 274 g/mol. The Kier molecular flexibility index (Phi) is 6.07. The molecular weight excluding hydrogens is 258 g/mol. The molecule has 0 aliphatic carbocycles. The number of hydrogen-bond acceptors (Lipinski definition) is 3. The van der Waals surface area contributed by atoms with E-state index >= 15 is 0 Å². The first-order chi connectivity index (χ1) is 8.54. The van der Waals surface area contributed by atoms with Gasteiger partial charge in [-0.2, -0.15) is 0 Å². The SMILES string of the molecule is CCCNC(CSc1cc(F)ccc1F)C(N)=O. The molecule has 0 radical (unpaired) electrons. The van der Waals surface area contributed by atoms with E-state index in [0.717, 1.165) is 36.4 Å². The van der Waals surface area contributed by atoms with Crippen molar-refractivity contribution in [2.24, 2.45) is 5.73 Å². The number of primary amides is 1.